The number of benzene rings is 1. The molecule has 0 spiro atoms. The van der Waals surface area contributed by atoms with E-state index in [9.17, 15) is 4.79 Å². The Bertz CT molecular complexity index is 470. The molecule has 0 radical (unpaired) electrons. The summed E-state index contributed by atoms with van der Waals surface area (Å²) in [4.78, 5) is 14.4. The zero-order valence-electron chi connectivity index (χ0n) is 13.4. The molecule has 2 rings (SSSR count). The SMILES string of the molecule is CCC(C)(C)c1ccc(C(=O)N2CCC(CO)CC2)cc1. The molecule has 3 heteroatoms. The number of carbonyl (C=O) groups excluding carboxylic acids is 1. The summed E-state index contributed by atoms with van der Waals surface area (Å²) >= 11 is 0. The first-order valence-corrected chi connectivity index (χ1v) is 7.98. The molecule has 0 atom stereocenters. The van der Waals surface area contributed by atoms with Gasteiger partial charge < -0.3 is 10.0 Å². The van der Waals surface area contributed by atoms with Crippen LogP contribution in [-0.2, 0) is 5.41 Å². The van der Waals surface area contributed by atoms with Crippen molar-refractivity contribution < 1.29 is 9.90 Å². The van der Waals surface area contributed by atoms with Crippen LogP contribution in [-0.4, -0.2) is 35.6 Å². The number of hydrogen-bond donors (Lipinski definition) is 1. The predicted molar refractivity (Wildman–Crippen MR) is 85.5 cm³/mol. The molecule has 1 N–H and O–H groups in total. The summed E-state index contributed by atoms with van der Waals surface area (Å²) in [5.74, 6) is 0.481. The maximum absolute atomic E-state index is 12.5. The fourth-order valence-electron chi connectivity index (χ4n) is 2.77. The number of nitrogens with zero attached hydrogens (tertiary/aromatic N) is 1. The van der Waals surface area contributed by atoms with Crippen LogP contribution in [0.15, 0.2) is 24.3 Å². The van der Waals surface area contributed by atoms with Gasteiger partial charge in [-0.3, -0.25) is 4.79 Å². The Hall–Kier alpha value is -1.35. The van der Waals surface area contributed by atoms with Crippen molar-refractivity contribution in [2.24, 2.45) is 5.92 Å². The highest BCUT2D eigenvalue weighted by Crippen LogP contribution is 2.27. The first-order chi connectivity index (χ1) is 9.97. The number of piperidine rings is 1. The second-order valence-electron chi connectivity index (χ2n) is 6.73. The lowest BCUT2D eigenvalue weighted by Crippen LogP contribution is -2.39. The van der Waals surface area contributed by atoms with E-state index < -0.39 is 0 Å². The number of aliphatic hydroxyl groups excluding tert-OH is 1. The zero-order chi connectivity index (χ0) is 15.5. The first-order valence-electron chi connectivity index (χ1n) is 7.98. The summed E-state index contributed by atoms with van der Waals surface area (Å²) in [6.07, 6.45) is 2.89. The minimum Gasteiger partial charge on any atom is -0.396 e. The number of rotatable bonds is 4. The maximum atomic E-state index is 12.5. The van der Waals surface area contributed by atoms with Gasteiger partial charge in [0.1, 0.15) is 0 Å². The molecular weight excluding hydrogens is 262 g/mol. The summed E-state index contributed by atoms with van der Waals surface area (Å²) in [6, 6.07) is 8.06. The van der Waals surface area contributed by atoms with Gasteiger partial charge in [0, 0.05) is 25.3 Å². The number of amides is 1. The fraction of sp³-hybridized carbons (Fsp3) is 0.611. The van der Waals surface area contributed by atoms with Crippen molar-refractivity contribution in [1.29, 1.82) is 0 Å². The van der Waals surface area contributed by atoms with Gasteiger partial charge in [0.25, 0.3) is 5.91 Å². The highest BCUT2D eigenvalue weighted by molar-refractivity contribution is 5.94. The van der Waals surface area contributed by atoms with Crippen LogP contribution in [0.3, 0.4) is 0 Å². The fourth-order valence-corrected chi connectivity index (χ4v) is 2.77. The zero-order valence-corrected chi connectivity index (χ0v) is 13.4. The van der Waals surface area contributed by atoms with Gasteiger partial charge in [0.2, 0.25) is 0 Å². The van der Waals surface area contributed by atoms with Crippen molar-refractivity contribution in [1.82, 2.24) is 4.90 Å². The average molecular weight is 289 g/mol. The van der Waals surface area contributed by atoms with E-state index in [1.54, 1.807) is 0 Å². The second kappa shape index (κ2) is 6.61. The van der Waals surface area contributed by atoms with Gasteiger partial charge >= 0.3 is 0 Å². The van der Waals surface area contributed by atoms with Gasteiger partial charge in [-0.15, -0.1) is 0 Å². The van der Waals surface area contributed by atoms with Gasteiger partial charge in [0.15, 0.2) is 0 Å². The van der Waals surface area contributed by atoms with Crippen LogP contribution in [0.5, 0.6) is 0 Å². The molecule has 3 nitrogen and oxygen atoms in total. The molecule has 1 aromatic carbocycles. The van der Waals surface area contributed by atoms with E-state index >= 15 is 0 Å². The molecule has 1 saturated heterocycles. The molecule has 1 aliphatic heterocycles. The van der Waals surface area contributed by atoms with E-state index in [2.05, 4.69) is 32.9 Å². The van der Waals surface area contributed by atoms with Crippen LogP contribution in [0.25, 0.3) is 0 Å². The lowest BCUT2D eigenvalue weighted by molar-refractivity contribution is 0.0651. The molecule has 116 valence electrons. The minimum absolute atomic E-state index is 0.118. The Morgan fingerprint density at radius 1 is 1.24 bits per heavy atom. The highest BCUT2D eigenvalue weighted by Gasteiger charge is 2.24. The van der Waals surface area contributed by atoms with Gasteiger partial charge in [0.05, 0.1) is 0 Å². The Balaban J connectivity index is 2.04. The molecule has 0 aromatic heterocycles. The molecule has 1 fully saturated rings. The van der Waals surface area contributed by atoms with Gasteiger partial charge in [-0.25, -0.2) is 0 Å². The normalized spacial score (nSPS) is 17.0. The van der Waals surface area contributed by atoms with Crippen molar-refractivity contribution in [2.45, 2.75) is 45.4 Å². The monoisotopic (exact) mass is 289 g/mol. The van der Waals surface area contributed by atoms with Crippen LogP contribution in [0.4, 0.5) is 0 Å². The Morgan fingerprint density at radius 2 is 1.81 bits per heavy atom. The molecule has 0 unspecified atom stereocenters. The smallest absolute Gasteiger partial charge is 0.253 e. The largest absolute Gasteiger partial charge is 0.396 e. The summed E-state index contributed by atoms with van der Waals surface area (Å²) in [5, 5.41) is 9.16. The molecule has 1 aromatic rings. The second-order valence-corrected chi connectivity index (χ2v) is 6.73. The molecule has 0 aliphatic carbocycles. The number of carbonyl (C=O) groups is 1. The average Bonchev–Trinajstić information content (AvgIpc) is 2.54. The summed E-state index contributed by atoms with van der Waals surface area (Å²) in [7, 11) is 0. The van der Waals surface area contributed by atoms with E-state index in [1.165, 1.54) is 5.56 Å². The molecule has 1 amide bonds. The molecule has 0 bridgehead atoms. The van der Waals surface area contributed by atoms with Crippen LogP contribution >= 0.6 is 0 Å². The van der Waals surface area contributed by atoms with Gasteiger partial charge in [-0.05, 0) is 48.3 Å². The molecule has 21 heavy (non-hydrogen) atoms. The van der Waals surface area contributed by atoms with E-state index in [4.69, 9.17) is 5.11 Å². The third kappa shape index (κ3) is 3.65. The van der Waals surface area contributed by atoms with Crippen molar-refractivity contribution in [2.75, 3.05) is 19.7 Å². The van der Waals surface area contributed by atoms with Crippen LogP contribution in [0, 0.1) is 5.92 Å². The number of likely N-dealkylation sites (tertiary alicyclic amines) is 1. The third-order valence-electron chi connectivity index (χ3n) is 4.96. The molecule has 1 heterocycles. The number of hydrogen-bond acceptors (Lipinski definition) is 2. The van der Waals surface area contributed by atoms with E-state index in [-0.39, 0.29) is 17.9 Å². The Morgan fingerprint density at radius 3 is 2.29 bits per heavy atom. The van der Waals surface area contributed by atoms with Crippen molar-refractivity contribution in [3.63, 3.8) is 0 Å². The molecular formula is C18H27NO2. The van der Waals surface area contributed by atoms with E-state index in [0.717, 1.165) is 37.9 Å². The summed E-state index contributed by atoms with van der Waals surface area (Å²) in [6.45, 7) is 8.39. The lowest BCUT2D eigenvalue weighted by atomic mass is 9.82. The molecule has 1 aliphatic rings. The number of aliphatic hydroxyl groups is 1. The standard InChI is InChI=1S/C18H27NO2/c1-4-18(2,3)16-7-5-15(6-8-16)17(21)19-11-9-14(13-20)10-12-19/h5-8,14,20H,4,9-13H2,1-3H3. The first kappa shape index (κ1) is 16.0. The van der Waals surface area contributed by atoms with Gasteiger partial charge in [-0.1, -0.05) is 32.9 Å². The lowest BCUT2D eigenvalue weighted by Gasteiger charge is -2.31. The Kier molecular flexibility index (Phi) is 5.04. The van der Waals surface area contributed by atoms with E-state index in [1.807, 2.05) is 17.0 Å². The quantitative estimate of drug-likeness (QED) is 0.924. The maximum Gasteiger partial charge on any atom is 0.253 e. The van der Waals surface area contributed by atoms with Crippen molar-refractivity contribution >= 4 is 5.91 Å². The highest BCUT2D eigenvalue weighted by atomic mass is 16.3. The van der Waals surface area contributed by atoms with Crippen LogP contribution in [0.2, 0.25) is 0 Å². The molecule has 0 saturated carbocycles. The summed E-state index contributed by atoms with van der Waals surface area (Å²) in [5.41, 5.74) is 2.20. The Labute approximate surface area is 128 Å². The predicted octanol–water partition coefficient (Wildman–Crippen LogP) is 3.22. The van der Waals surface area contributed by atoms with Crippen LogP contribution < -0.4 is 0 Å². The van der Waals surface area contributed by atoms with Crippen LogP contribution in [0.1, 0.15) is 56.0 Å². The third-order valence-corrected chi connectivity index (χ3v) is 4.96. The topological polar surface area (TPSA) is 40.5 Å². The summed E-state index contributed by atoms with van der Waals surface area (Å²) < 4.78 is 0. The minimum atomic E-state index is 0.118. The van der Waals surface area contributed by atoms with E-state index in [0.29, 0.717) is 5.92 Å². The van der Waals surface area contributed by atoms with Crippen molar-refractivity contribution in [3.8, 4) is 0 Å². The van der Waals surface area contributed by atoms with Gasteiger partial charge in [-0.2, -0.15) is 0 Å². The van der Waals surface area contributed by atoms with Crippen molar-refractivity contribution in [3.05, 3.63) is 35.4 Å².